The van der Waals surface area contributed by atoms with Crippen LogP contribution in [-0.4, -0.2) is 14.5 Å². The van der Waals surface area contributed by atoms with Gasteiger partial charge in [0.1, 0.15) is 0 Å². The first-order valence-corrected chi connectivity index (χ1v) is 7.07. The molecule has 0 aliphatic carbocycles. The average Bonchev–Trinajstić information content (AvgIpc) is 3.04. The van der Waals surface area contributed by atoms with Crippen molar-refractivity contribution in [3.05, 3.63) is 54.7 Å². The standard InChI is InChI=1S/C18H13N3/c1-21-15-7-3-2-5-11(15)12-8-9-13-16-14(6-4-10-19-16)20-17(13)18(12)21/h2-10,20H,1H3. The largest absolute Gasteiger partial charge is 0.351 e. The van der Waals surface area contributed by atoms with E-state index in [-0.39, 0.29) is 0 Å². The number of aromatic amines is 1. The lowest BCUT2D eigenvalue weighted by atomic mass is 10.1. The van der Waals surface area contributed by atoms with Crippen molar-refractivity contribution in [2.75, 3.05) is 0 Å². The highest BCUT2D eigenvalue weighted by molar-refractivity contribution is 6.21. The Labute approximate surface area is 120 Å². The highest BCUT2D eigenvalue weighted by atomic mass is 15.0. The van der Waals surface area contributed by atoms with Gasteiger partial charge in [-0.05, 0) is 24.3 Å². The van der Waals surface area contributed by atoms with Gasteiger partial charge in [0.15, 0.2) is 0 Å². The lowest BCUT2D eigenvalue weighted by molar-refractivity contribution is 1.02. The van der Waals surface area contributed by atoms with E-state index in [1.807, 2.05) is 12.3 Å². The highest BCUT2D eigenvalue weighted by Gasteiger charge is 2.14. The number of aromatic nitrogens is 3. The quantitative estimate of drug-likeness (QED) is 0.446. The molecule has 1 N–H and O–H groups in total. The van der Waals surface area contributed by atoms with Crippen molar-refractivity contribution in [1.29, 1.82) is 0 Å². The Morgan fingerprint density at radius 3 is 2.71 bits per heavy atom. The minimum atomic E-state index is 1.04. The summed E-state index contributed by atoms with van der Waals surface area (Å²) in [7, 11) is 2.13. The first-order chi connectivity index (χ1) is 10.3. The summed E-state index contributed by atoms with van der Waals surface area (Å²) in [5, 5.41) is 3.76. The van der Waals surface area contributed by atoms with Crippen molar-refractivity contribution < 1.29 is 0 Å². The summed E-state index contributed by atoms with van der Waals surface area (Å²) in [6, 6.07) is 17.0. The van der Waals surface area contributed by atoms with E-state index < -0.39 is 0 Å². The molecule has 5 rings (SSSR count). The van der Waals surface area contributed by atoms with Crippen LogP contribution in [0.15, 0.2) is 54.7 Å². The molecule has 0 bridgehead atoms. The fraction of sp³-hybridized carbons (Fsp3) is 0.0556. The second-order valence-corrected chi connectivity index (χ2v) is 5.49. The molecule has 3 heterocycles. The fourth-order valence-electron chi connectivity index (χ4n) is 3.45. The zero-order valence-electron chi connectivity index (χ0n) is 11.6. The lowest BCUT2D eigenvalue weighted by Crippen LogP contribution is -1.87. The summed E-state index contributed by atoms with van der Waals surface area (Å²) in [4.78, 5) is 8.06. The van der Waals surface area contributed by atoms with Crippen LogP contribution in [0.4, 0.5) is 0 Å². The maximum atomic E-state index is 4.52. The normalized spacial score (nSPS) is 12.0. The van der Waals surface area contributed by atoms with Crippen molar-refractivity contribution >= 4 is 43.7 Å². The van der Waals surface area contributed by atoms with E-state index in [0.717, 1.165) is 11.0 Å². The molecule has 2 aromatic carbocycles. The van der Waals surface area contributed by atoms with Crippen LogP contribution >= 0.6 is 0 Å². The molecule has 0 saturated carbocycles. The minimum absolute atomic E-state index is 1.04. The third-order valence-corrected chi connectivity index (χ3v) is 4.39. The summed E-state index contributed by atoms with van der Waals surface area (Å²) in [6.45, 7) is 0. The van der Waals surface area contributed by atoms with E-state index >= 15 is 0 Å². The molecule has 0 fully saturated rings. The number of benzene rings is 2. The Morgan fingerprint density at radius 1 is 0.905 bits per heavy atom. The predicted octanol–water partition coefficient (Wildman–Crippen LogP) is 4.36. The summed E-state index contributed by atoms with van der Waals surface area (Å²) < 4.78 is 2.27. The Balaban J connectivity index is 2.14. The van der Waals surface area contributed by atoms with Crippen LogP contribution in [0.1, 0.15) is 0 Å². The van der Waals surface area contributed by atoms with Gasteiger partial charge >= 0.3 is 0 Å². The van der Waals surface area contributed by atoms with Gasteiger partial charge in [-0.3, -0.25) is 4.98 Å². The summed E-state index contributed by atoms with van der Waals surface area (Å²) in [5.41, 5.74) is 5.79. The summed E-state index contributed by atoms with van der Waals surface area (Å²) >= 11 is 0. The van der Waals surface area contributed by atoms with Gasteiger partial charge in [-0.15, -0.1) is 0 Å². The molecule has 21 heavy (non-hydrogen) atoms. The Bertz CT molecular complexity index is 1140. The molecular formula is C18H13N3. The molecule has 0 aliphatic rings. The van der Waals surface area contributed by atoms with Crippen molar-refractivity contribution in [3.63, 3.8) is 0 Å². The van der Waals surface area contributed by atoms with Crippen molar-refractivity contribution in [3.8, 4) is 0 Å². The molecule has 0 aliphatic heterocycles. The van der Waals surface area contributed by atoms with Crippen molar-refractivity contribution in [2.45, 2.75) is 0 Å². The fourth-order valence-corrected chi connectivity index (χ4v) is 3.45. The van der Waals surface area contributed by atoms with Crippen LogP contribution in [0.2, 0.25) is 0 Å². The number of hydrogen-bond acceptors (Lipinski definition) is 1. The molecule has 3 aromatic heterocycles. The highest BCUT2D eigenvalue weighted by Crippen LogP contribution is 2.35. The van der Waals surface area contributed by atoms with Crippen LogP contribution in [0.25, 0.3) is 43.7 Å². The van der Waals surface area contributed by atoms with Gasteiger partial charge in [0.25, 0.3) is 0 Å². The lowest BCUT2D eigenvalue weighted by Gasteiger charge is -1.99. The number of pyridine rings is 1. The van der Waals surface area contributed by atoms with Crippen molar-refractivity contribution in [1.82, 2.24) is 14.5 Å². The van der Waals surface area contributed by atoms with Gasteiger partial charge in [-0.1, -0.05) is 24.3 Å². The molecule has 100 valence electrons. The Kier molecular flexibility index (Phi) is 1.89. The number of hydrogen-bond donors (Lipinski definition) is 1. The first kappa shape index (κ1) is 10.9. The smallest absolute Gasteiger partial charge is 0.0958 e. The number of aryl methyl sites for hydroxylation is 1. The van der Waals surface area contributed by atoms with E-state index in [4.69, 9.17) is 0 Å². The maximum absolute atomic E-state index is 4.52. The maximum Gasteiger partial charge on any atom is 0.0958 e. The number of rotatable bonds is 0. The van der Waals surface area contributed by atoms with E-state index in [1.54, 1.807) is 0 Å². The molecule has 0 atom stereocenters. The molecule has 3 heteroatoms. The zero-order chi connectivity index (χ0) is 14.0. The van der Waals surface area contributed by atoms with E-state index in [0.29, 0.717) is 0 Å². The zero-order valence-corrected chi connectivity index (χ0v) is 11.6. The van der Waals surface area contributed by atoms with Gasteiger partial charge in [0.2, 0.25) is 0 Å². The molecule has 3 nitrogen and oxygen atoms in total. The summed E-state index contributed by atoms with van der Waals surface area (Å²) in [6.07, 6.45) is 1.85. The van der Waals surface area contributed by atoms with E-state index in [2.05, 4.69) is 64.0 Å². The third-order valence-electron chi connectivity index (χ3n) is 4.39. The van der Waals surface area contributed by atoms with Gasteiger partial charge in [0.05, 0.1) is 22.1 Å². The second-order valence-electron chi connectivity index (χ2n) is 5.49. The van der Waals surface area contributed by atoms with Crippen LogP contribution in [0.3, 0.4) is 0 Å². The van der Waals surface area contributed by atoms with E-state index in [1.165, 1.54) is 32.7 Å². The Hall–Kier alpha value is -2.81. The second kappa shape index (κ2) is 3.64. The first-order valence-electron chi connectivity index (χ1n) is 7.07. The van der Waals surface area contributed by atoms with Crippen LogP contribution in [0.5, 0.6) is 0 Å². The molecule has 5 aromatic rings. The molecule has 0 radical (unpaired) electrons. The third kappa shape index (κ3) is 1.26. The number of nitrogens with one attached hydrogen (secondary N) is 1. The number of H-pyrrole nitrogens is 1. The van der Waals surface area contributed by atoms with E-state index in [9.17, 15) is 0 Å². The molecular weight excluding hydrogens is 258 g/mol. The van der Waals surface area contributed by atoms with Gasteiger partial charge in [-0.25, -0.2) is 0 Å². The van der Waals surface area contributed by atoms with Gasteiger partial charge in [-0.2, -0.15) is 0 Å². The van der Waals surface area contributed by atoms with Gasteiger partial charge < -0.3 is 9.55 Å². The van der Waals surface area contributed by atoms with Crippen LogP contribution < -0.4 is 0 Å². The minimum Gasteiger partial charge on any atom is -0.351 e. The predicted molar refractivity (Wildman–Crippen MR) is 87.6 cm³/mol. The SMILES string of the molecule is Cn1c2ccccc2c2ccc3c4ncccc4[nH]c3c21. The molecule has 0 spiro atoms. The molecule has 0 unspecified atom stereocenters. The average molecular weight is 271 g/mol. The van der Waals surface area contributed by atoms with Crippen molar-refractivity contribution in [2.24, 2.45) is 7.05 Å². The van der Waals surface area contributed by atoms with Gasteiger partial charge in [0, 0.05) is 34.9 Å². The van der Waals surface area contributed by atoms with Crippen LogP contribution in [-0.2, 0) is 7.05 Å². The number of para-hydroxylation sites is 1. The van der Waals surface area contributed by atoms with Crippen LogP contribution in [0, 0.1) is 0 Å². The topological polar surface area (TPSA) is 33.6 Å². The number of nitrogens with zero attached hydrogens (tertiary/aromatic N) is 2. The molecule has 0 amide bonds. The Morgan fingerprint density at radius 2 is 1.76 bits per heavy atom. The molecule has 0 saturated heterocycles. The summed E-state index contributed by atoms with van der Waals surface area (Å²) in [5.74, 6) is 0. The monoisotopic (exact) mass is 271 g/mol. The number of fused-ring (bicyclic) bond motifs is 7.